The monoisotopic (exact) mass is 367 g/mol. The standard InChI is InChI=1S/C19H14ClN3O3/c20-15-6-2-5-14-16(11-25-18(14)15)23-19(24)12-3-1-4-13(9-12)26-17-10-21-7-8-22-17/h1-10,16H,11H2,(H,23,24). The van der Waals surface area contributed by atoms with Crippen molar-refractivity contribution in [3.63, 3.8) is 0 Å². The summed E-state index contributed by atoms with van der Waals surface area (Å²) in [5, 5.41) is 3.50. The summed E-state index contributed by atoms with van der Waals surface area (Å²) in [6.45, 7) is 0.348. The molecular formula is C19H14ClN3O3. The van der Waals surface area contributed by atoms with Crippen molar-refractivity contribution in [1.82, 2.24) is 15.3 Å². The van der Waals surface area contributed by atoms with E-state index in [4.69, 9.17) is 21.1 Å². The van der Waals surface area contributed by atoms with Gasteiger partial charge in [-0.15, -0.1) is 0 Å². The molecule has 1 N–H and O–H groups in total. The van der Waals surface area contributed by atoms with E-state index in [-0.39, 0.29) is 11.9 Å². The lowest BCUT2D eigenvalue weighted by Crippen LogP contribution is -2.29. The number of ether oxygens (including phenoxy) is 2. The Kier molecular flexibility index (Phi) is 4.41. The summed E-state index contributed by atoms with van der Waals surface area (Å²) in [6.07, 6.45) is 4.60. The van der Waals surface area contributed by atoms with E-state index in [0.29, 0.717) is 34.6 Å². The number of halogens is 1. The van der Waals surface area contributed by atoms with Gasteiger partial charge in [-0.05, 0) is 24.3 Å². The molecule has 1 aromatic heterocycles. The molecule has 0 spiro atoms. The zero-order chi connectivity index (χ0) is 17.9. The Morgan fingerprint density at radius 1 is 1.23 bits per heavy atom. The number of para-hydroxylation sites is 1. The minimum atomic E-state index is -0.249. The van der Waals surface area contributed by atoms with Crippen LogP contribution in [0, 0.1) is 0 Å². The largest absolute Gasteiger partial charge is 0.489 e. The molecule has 0 bridgehead atoms. The van der Waals surface area contributed by atoms with Crippen LogP contribution in [-0.2, 0) is 0 Å². The van der Waals surface area contributed by atoms with Crippen LogP contribution in [0.25, 0.3) is 0 Å². The highest BCUT2D eigenvalue weighted by Crippen LogP contribution is 2.38. The van der Waals surface area contributed by atoms with E-state index in [1.807, 2.05) is 12.1 Å². The van der Waals surface area contributed by atoms with E-state index in [0.717, 1.165) is 5.56 Å². The number of hydrogen-bond acceptors (Lipinski definition) is 5. The van der Waals surface area contributed by atoms with Gasteiger partial charge in [-0.1, -0.05) is 29.8 Å². The van der Waals surface area contributed by atoms with Gasteiger partial charge in [0.25, 0.3) is 5.91 Å². The first-order valence-corrected chi connectivity index (χ1v) is 8.34. The first-order chi connectivity index (χ1) is 12.7. The third-order valence-corrected chi connectivity index (χ3v) is 4.23. The maximum Gasteiger partial charge on any atom is 0.252 e. The second-order valence-electron chi connectivity index (χ2n) is 5.67. The Balaban J connectivity index is 1.50. The van der Waals surface area contributed by atoms with Gasteiger partial charge in [-0.2, -0.15) is 0 Å². The number of aromatic nitrogens is 2. The van der Waals surface area contributed by atoms with Crippen LogP contribution < -0.4 is 14.8 Å². The third kappa shape index (κ3) is 3.32. The quantitative estimate of drug-likeness (QED) is 0.759. The van der Waals surface area contributed by atoms with Crippen LogP contribution in [0.3, 0.4) is 0 Å². The molecule has 0 saturated carbocycles. The van der Waals surface area contributed by atoms with E-state index >= 15 is 0 Å². The molecule has 0 aliphatic carbocycles. The van der Waals surface area contributed by atoms with E-state index in [1.165, 1.54) is 12.4 Å². The number of hydrogen-bond donors (Lipinski definition) is 1. The van der Waals surface area contributed by atoms with Crippen LogP contribution in [0.5, 0.6) is 17.4 Å². The van der Waals surface area contributed by atoms with Crippen LogP contribution in [0.15, 0.2) is 61.1 Å². The summed E-state index contributed by atoms with van der Waals surface area (Å²) >= 11 is 6.12. The van der Waals surface area contributed by atoms with Crippen LogP contribution in [0.2, 0.25) is 5.02 Å². The van der Waals surface area contributed by atoms with Gasteiger partial charge < -0.3 is 14.8 Å². The van der Waals surface area contributed by atoms with Gasteiger partial charge in [0.05, 0.1) is 17.3 Å². The number of benzene rings is 2. The average Bonchev–Trinajstić information content (AvgIpc) is 3.07. The molecule has 1 aliphatic rings. The fraction of sp³-hybridized carbons (Fsp3) is 0.105. The second-order valence-corrected chi connectivity index (χ2v) is 6.08. The molecule has 1 aliphatic heterocycles. The van der Waals surface area contributed by atoms with Gasteiger partial charge in [-0.3, -0.25) is 9.78 Å². The minimum Gasteiger partial charge on any atom is -0.489 e. The highest BCUT2D eigenvalue weighted by atomic mass is 35.5. The van der Waals surface area contributed by atoms with Crippen molar-refractivity contribution >= 4 is 17.5 Å². The van der Waals surface area contributed by atoms with Crippen LogP contribution in [0.1, 0.15) is 22.0 Å². The van der Waals surface area contributed by atoms with Crippen molar-refractivity contribution in [2.75, 3.05) is 6.61 Å². The van der Waals surface area contributed by atoms with Crippen LogP contribution >= 0.6 is 11.6 Å². The SMILES string of the molecule is O=C(NC1COc2c(Cl)cccc21)c1cccc(Oc2cnccn2)c1. The molecule has 1 atom stereocenters. The molecule has 7 heteroatoms. The van der Waals surface area contributed by atoms with Crippen molar-refractivity contribution in [3.8, 4) is 17.4 Å². The van der Waals surface area contributed by atoms with E-state index in [1.54, 1.807) is 36.5 Å². The number of carbonyl (C=O) groups is 1. The van der Waals surface area contributed by atoms with Gasteiger partial charge in [0.1, 0.15) is 18.1 Å². The normalized spacial score (nSPS) is 15.0. The summed E-state index contributed by atoms with van der Waals surface area (Å²) in [6, 6.07) is 12.1. The number of carbonyl (C=O) groups excluding carboxylic acids is 1. The van der Waals surface area contributed by atoms with Gasteiger partial charge in [0.15, 0.2) is 0 Å². The Bertz CT molecular complexity index is 950. The number of amides is 1. The van der Waals surface area contributed by atoms with Crippen molar-refractivity contribution in [3.05, 3.63) is 77.2 Å². The second kappa shape index (κ2) is 7.01. The summed E-state index contributed by atoms with van der Waals surface area (Å²) in [5.74, 6) is 1.26. The number of fused-ring (bicyclic) bond motifs is 1. The molecule has 0 saturated heterocycles. The van der Waals surface area contributed by atoms with E-state index in [2.05, 4.69) is 15.3 Å². The average molecular weight is 368 g/mol. The molecule has 1 unspecified atom stereocenters. The molecule has 0 radical (unpaired) electrons. The van der Waals surface area contributed by atoms with Crippen molar-refractivity contribution in [1.29, 1.82) is 0 Å². The first-order valence-electron chi connectivity index (χ1n) is 7.97. The summed E-state index contributed by atoms with van der Waals surface area (Å²) < 4.78 is 11.2. The Hall–Kier alpha value is -3.12. The molecule has 3 aromatic rings. The summed E-state index contributed by atoms with van der Waals surface area (Å²) in [4.78, 5) is 20.6. The highest BCUT2D eigenvalue weighted by Gasteiger charge is 2.27. The Labute approximate surface area is 154 Å². The number of nitrogens with zero attached hydrogens (tertiary/aromatic N) is 2. The topological polar surface area (TPSA) is 73.3 Å². The van der Waals surface area contributed by atoms with Gasteiger partial charge >= 0.3 is 0 Å². The van der Waals surface area contributed by atoms with Gasteiger partial charge in [0.2, 0.25) is 5.88 Å². The molecular weight excluding hydrogens is 354 g/mol. The third-order valence-electron chi connectivity index (χ3n) is 3.93. The molecule has 26 heavy (non-hydrogen) atoms. The van der Waals surface area contributed by atoms with E-state index in [9.17, 15) is 4.79 Å². The summed E-state index contributed by atoms with van der Waals surface area (Å²) in [5.41, 5.74) is 1.35. The van der Waals surface area contributed by atoms with Crippen molar-refractivity contribution in [2.24, 2.45) is 0 Å². The molecule has 0 fully saturated rings. The fourth-order valence-electron chi connectivity index (χ4n) is 2.73. The predicted molar refractivity (Wildman–Crippen MR) is 95.7 cm³/mol. The lowest BCUT2D eigenvalue weighted by atomic mass is 10.1. The van der Waals surface area contributed by atoms with E-state index < -0.39 is 0 Å². The Morgan fingerprint density at radius 3 is 2.96 bits per heavy atom. The highest BCUT2D eigenvalue weighted by molar-refractivity contribution is 6.32. The molecule has 6 nitrogen and oxygen atoms in total. The molecule has 130 valence electrons. The zero-order valence-electron chi connectivity index (χ0n) is 13.6. The van der Waals surface area contributed by atoms with Gasteiger partial charge in [0, 0.05) is 23.5 Å². The van der Waals surface area contributed by atoms with Gasteiger partial charge in [-0.25, -0.2) is 4.98 Å². The maximum absolute atomic E-state index is 12.6. The minimum absolute atomic E-state index is 0.226. The first kappa shape index (κ1) is 16.4. The molecule has 2 heterocycles. The van der Waals surface area contributed by atoms with Crippen LogP contribution in [-0.4, -0.2) is 22.5 Å². The number of rotatable bonds is 4. The molecule has 4 rings (SSSR count). The lowest BCUT2D eigenvalue weighted by Gasteiger charge is -2.12. The fourth-order valence-corrected chi connectivity index (χ4v) is 2.97. The Morgan fingerprint density at radius 2 is 2.12 bits per heavy atom. The molecule has 2 aromatic carbocycles. The number of nitrogens with one attached hydrogen (secondary N) is 1. The van der Waals surface area contributed by atoms with Crippen LogP contribution in [0.4, 0.5) is 0 Å². The molecule has 1 amide bonds. The van der Waals surface area contributed by atoms with Crippen molar-refractivity contribution in [2.45, 2.75) is 6.04 Å². The van der Waals surface area contributed by atoms with Crippen molar-refractivity contribution < 1.29 is 14.3 Å². The maximum atomic E-state index is 12.6. The lowest BCUT2D eigenvalue weighted by molar-refractivity contribution is 0.0930. The summed E-state index contributed by atoms with van der Waals surface area (Å²) in [7, 11) is 0. The smallest absolute Gasteiger partial charge is 0.252 e. The zero-order valence-corrected chi connectivity index (χ0v) is 14.3. The predicted octanol–water partition coefficient (Wildman–Crippen LogP) is 3.79.